The van der Waals surface area contributed by atoms with E-state index in [9.17, 15) is 4.57 Å². The molecular weight excluding hydrogens is 303 g/mol. The molecule has 2 aliphatic rings. The van der Waals surface area contributed by atoms with Crippen molar-refractivity contribution < 1.29 is 9.30 Å². The number of ether oxygens (including phenoxy) is 1. The van der Waals surface area contributed by atoms with E-state index < -0.39 is 7.14 Å². The van der Waals surface area contributed by atoms with E-state index in [4.69, 9.17) is 4.74 Å². The van der Waals surface area contributed by atoms with Gasteiger partial charge in [0.05, 0.1) is 6.10 Å². The Morgan fingerprint density at radius 2 is 1.52 bits per heavy atom. The van der Waals surface area contributed by atoms with Crippen LogP contribution in [0.5, 0.6) is 0 Å². The highest BCUT2D eigenvalue weighted by Crippen LogP contribution is 2.56. The molecule has 0 amide bonds. The monoisotopic (exact) mass is 326 g/mol. The Bertz CT molecular complexity index is 669. The SMILES string of the molecule is O=P(CC12CCCCCC1O2)(c1ccccc1)c1ccccc1. The minimum atomic E-state index is -2.66. The summed E-state index contributed by atoms with van der Waals surface area (Å²) in [5, 5.41) is 1.91. The van der Waals surface area contributed by atoms with Crippen LogP contribution in [0.2, 0.25) is 0 Å². The summed E-state index contributed by atoms with van der Waals surface area (Å²) in [6.45, 7) is 0. The maximum Gasteiger partial charge on any atom is 0.146 e. The van der Waals surface area contributed by atoms with Crippen molar-refractivity contribution in [2.45, 2.75) is 43.8 Å². The molecule has 1 saturated carbocycles. The van der Waals surface area contributed by atoms with Crippen LogP contribution in [0.4, 0.5) is 0 Å². The van der Waals surface area contributed by atoms with Gasteiger partial charge in [0, 0.05) is 16.8 Å². The third kappa shape index (κ3) is 2.79. The van der Waals surface area contributed by atoms with E-state index >= 15 is 0 Å². The van der Waals surface area contributed by atoms with Gasteiger partial charge in [-0.25, -0.2) is 0 Å². The van der Waals surface area contributed by atoms with Crippen molar-refractivity contribution in [1.29, 1.82) is 0 Å². The molecule has 0 N–H and O–H groups in total. The molecule has 0 bridgehead atoms. The van der Waals surface area contributed by atoms with Gasteiger partial charge in [-0.05, 0) is 12.8 Å². The van der Waals surface area contributed by atoms with Crippen molar-refractivity contribution >= 4 is 17.8 Å². The zero-order valence-corrected chi connectivity index (χ0v) is 14.3. The van der Waals surface area contributed by atoms with Gasteiger partial charge in [0.1, 0.15) is 12.7 Å². The molecule has 2 aromatic carbocycles. The molecular formula is C20H23O2P. The number of rotatable bonds is 4. The standard InChI is InChI=1S/C20H23O2P/c21-23(17-10-4-1-5-11-17,18-12-6-2-7-13-18)16-20-15-9-3-8-14-19(20)22-20/h1-2,4-7,10-13,19H,3,8-9,14-16H2. The van der Waals surface area contributed by atoms with Gasteiger partial charge in [-0.15, -0.1) is 0 Å². The van der Waals surface area contributed by atoms with Crippen LogP contribution in [0.1, 0.15) is 32.1 Å². The highest BCUT2D eigenvalue weighted by Gasteiger charge is 2.59. The lowest BCUT2D eigenvalue weighted by molar-refractivity contribution is 0.279. The van der Waals surface area contributed by atoms with E-state index in [1.165, 1.54) is 19.3 Å². The van der Waals surface area contributed by atoms with E-state index in [0.29, 0.717) is 12.3 Å². The van der Waals surface area contributed by atoms with Gasteiger partial charge in [0.2, 0.25) is 0 Å². The lowest BCUT2D eigenvalue weighted by Crippen LogP contribution is -2.28. The summed E-state index contributed by atoms with van der Waals surface area (Å²) < 4.78 is 20.3. The third-order valence-corrected chi connectivity index (χ3v) is 8.55. The molecule has 2 aromatic rings. The molecule has 0 spiro atoms. The molecule has 2 fully saturated rings. The van der Waals surface area contributed by atoms with Gasteiger partial charge < -0.3 is 9.30 Å². The van der Waals surface area contributed by atoms with Crippen LogP contribution in [0, 0.1) is 0 Å². The smallest absolute Gasteiger partial charge is 0.146 e. The normalized spacial score (nSPS) is 27.0. The molecule has 1 aliphatic carbocycles. The number of epoxide rings is 1. The molecule has 1 heterocycles. The number of hydrogen-bond acceptors (Lipinski definition) is 2. The van der Waals surface area contributed by atoms with E-state index in [1.54, 1.807) is 0 Å². The molecule has 120 valence electrons. The first kappa shape index (κ1) is 15.2. The zero-order chi connectivity index (χ0) is 15.8. The zero-order valence-electron chi connectivity index (χ0n) is 13.4. The van der Waals surface area contributed by atoms with E-state index in [0.717, 1.165) is 23.5 Å². The van der Waals surface area contributed by atoms with Crippen LogP contribution >= 0.6 is 7.14 Å². The molecule has 2 nitrogen and oxygen atoms in total. The van der Waals surface area contributed by atoms with Crippen LogP contribution in [-0.4, -0.2) is 17.9 Å². The molecule has 3 heteroatoms. The Kier molecular flexibility index (Phi) is 3.91. The first-order chi connectivity index (χ1) is 11.2. The second-order valence-corrected chi connectivity index (χ2v) is 9.67. The second kappa shape index (κ2) is 5.92. The van der Waals surface area contributed by atoms with E-state index in [2.05, 4.69) is 0 Å². The summed E-state index contributed by atoms with van der Waals surface area (Å²) in [5.41, 5.74) is -0.141. The molecule has 23 heavy (non-hydrogen) atoms. The van der Waals surface area contributed by atoms with Gasteiger partial charge in [0.25, 0.3) is 0 Å². The summed E-state index contributed by atoms with van der Waals surface area (Å²) in [7, 11) is -2.66. The van der Waals surface area contributed by atoms with Crippen molar-refractivity contribution in [3.63, 3.8) is 0 Å². The first-order valence-electron chi connectivity index (χ1n) is 8.61. The largest absolute Gasteiger partial charge is 0.366 e. The fraction of sp³-hybridized carbons (Fsp3) is 0.400. The van der Waals surface area contributed by atoms with E-state index in [-0.39, 0.29) is 5.60 Å². The fourth-order valence-electron chi connectivity index (χ4n) is 3.99. The number of benzene rings is 2. The molecule has 2 unspecified atom stereocenters. The summed E-state index contributed by atoms with van der Waals surface area (Å²) in [5.74, 6) is 0. The average molecular weight is 326 g/mol. The van der Waals surface area contributed by atoms with Crippen LogP contribution in [-0.2, 0) is 9.30 Å². The second-order valence-electron chi connectivity index (χ2n) is 6.84. The van der Waals surface area contributed by atoms with Crippen molar-refractivity contribution in [3.8, 4) is 0 Å². The molecule has 1 saturated heterocycles. The van der Waals surface area contributed by atoms with Crippen molar-refractivity contribution in [2.75, 3.05) is 6.16 Å². The molecule has 0 aromatic heterocycles. The minimum absolute atomic E-state index is 0.141. The van der Waals surface area contributed by atoms with Crippen LogP contribution in [0.25, 0.3) is 0 Å². The molecule has 2 atom stereocenters. The predicted octanol–water partition coefficient (Wildman–Crippen LogP) is 4.10. The molecule has 4 rings (SSSR count). The number of fused-ring (bicyclic) bond motifs is 1. The van der Waals surface area contributed by atoms with Gasteiger partial charge in [-0.1, -0.05) is 79.9 Å². The van der Waals surface area contributed by atoms with Crippen molar-refractivity contribution in [2.24, 2.45) is 0 Å². The molecule has 0 radical (unpaired) electrons. The first-order valence-corrected chi connectivity index (χ1v) is 10.5. The highest BCUT2D eigenvalue weighted by atomic mass is 31.2. The maximum absolute atomic E-state index is 14.1. The summed E-state index contributed by atoms with van der Waals surface area (Å²) >= 11 is 0. The highest BCUT2D eigenvalue weighted by molar-refractivity contribution is 7.78. The van der Waals surface area contributed by atoms with Gasteiger partial charge in [-0.3, -0.25) is 0 Å². The third-order valence-electron chi connectivity index (χ3n) is 5.31. The van der Waals surface area contributed by atoms with Crippen molar-refractivity contribution in [1.82, 2.24) is 0 Å². The Morgan fingerprint density at radius 3 is 2.13 bits per heavy atom. The van der Waals surface area contributed by atoms with Crippen molar-refractivity contribution in [3.05, 3.63) is 60.7 Å². The Labute approximate surface area is 138 Å². The summed E-state index contributed by atoms with van der Waals surface area (Å²) in [6.07, 6.45) is 6.88. The number of hydrogen-bond donors (Lipinski definition) is 0. The maximum atomic E-state index is 14.1. The van der Waals surface area contributed by atoms with Crippen LogP contribution in [0.15, 0.2) is 60.7 Å². The fourth-order valence-corrected chi connectivity index (χ4v) is 7.15. The Morgan fingerprint density at radius 1 is 0.913 bits per heavy atom. The Hall–Kier alpha value is -1.37. The lowest BCUT2D eigenvalue weighted by atomic mass is 10.0. The summed E-state index contributed by atoms with van der Waals surface area (Å²) in [6, 6.07) is 20.0. The topological polar surface area (TPSA) is 29.6 Å². The van der Waals surface area contributed by atoms with Crippen LogP contribution < -0.4 is 10.6 Å². The Balaban J connectivity index is 1.74. The lowest BCUT2D eigenvalue weighted by Gasteiger charge is -2.23. The van der Waals surface area contributed by atoms with Crippen LogP contribution in [0.3, 0.4) is 0 Å². The van der Waals surface area contributed by atoms with Gasteiger partial charge in [-0.2, -0.15) is 0 Å². The quantitative estimate of drug-likeness (QED) is 0.625. The van der Waals surface area contributed by atoms with E-state index in [1.807, 2.05) is 60.7 Å². The van der Waals surface area contributed by atoms with Gasteiger partial charge >= 0.3 is 0 Å². The molecule has 1 aliphatic heterocycles. The van der Waals surface area contributed by atoms with Gasteiger partial charge in [0.15, 0.2) is 0 Å². The average Bonchev–Trinajstić information content (AvgIpc) is 3.30. The minimum Gasteiger partial charge on any atom is -0.366 e. The summed E-state index contributed by atoms with van der Waals surface area (Å²) in [4.78, 5) is 0. The predicted molar refractivity (Wildman–Crippen MR) is 95.3 cm³/mol.